The first-order chi connectivity index (χ1) is 15.2. The van der Waals surface area contributed by atoms with Gasteiger partial charge in [-0.15, -0.1) is 0 Å². The number of likely N-dealkylation sites (tertiary alicyclic amines) is 1. The Hall–Kier alpha value is -2.55. The summed E-state index contributed by atoms with van der Waals surface area (Å²) in [4.78, 5) is 23.4. The lowest BCUT2D eigenvalue weighted by Gasteiger charge is -2.34. The van der Waals surface area contributed by atoms with Gasteiger partial charge in [0, 0.05) is 33.6 Å². The highest BCUT2D eigenvalue weighted by Gasteiger charge is 2.33. The summed E-state index contributed by atoms with van der Waals surface area (Å²) in [5.74, 6) is -1.55. The Balaban J connectivity index is 0.000000312. The van der Waals surface area contributed by atoms with Crippen LogP contribution in [0.15, 0.2) is 58.3 Å². The Labute approximate surface area is 194 Å². The van der Waals surface area contributed by atoms with Gasteiger partial charge in [-0.05, 0) is 69.4 Å². The van der Waals surface area contributed by atoms with Crippen LogP contribution in [0, 0.1) is 11.7 Å². The molecule has 2 aliphatic rings. The molecule has 1 saturated heterocycles. The highest BCUT2D eigenvalue weighted by atomic mass is 35.5. The van der Waals surface area contributed by atoms with Gasteiger partial charge in [0.1, 0.15) is 17.7 Å². The average Bonchev–Trinajstić information content (AvgIpc) is 2.89. The summed E-state index contributed by atoms with van der Waals surface area (Å²) in [6.45, 7) is 2.15. The number of halogens is 2. The van der Waals surface area contributed by atoms with Crippen molar-refractivity contribution in [3.63, 3.8) is 0 Å². The van der Waals surface area contributed by atoms with Crippen LogP contribution in [0.2, 0.25) is 5.02 Å². The third-order valence-electron chi connectivity index (χ3n) is 5.22. The largest absolute Gasteiger partial charge is 0.484 e. The number of carbonyl (C=O) groups is 2. The zero-order valence-electron chi connectivity index (χ0n) is 17.3. The number of rotatable bonds is 3. The molecule has 32 heavy (non-hydrogen) atoms. The molecular weight excluding hydrogens is 457 g/mol. The summed E-state index contributed by atoms with van der Waals surface area (Å²) >= 11 is 7.82. The van der Waals surface area contributed by atoms with Crippen molar-refractivity contribution in [3.05, 3.63) is 65.0 Å². The van der Waals surface area contributed by atoms with Crippen LogP contribution >= 0.6 is 23.4 Å². The monoisotopic (exact) mass is 479 g/mol. The van der Waals surface area contributed by atoms with Gasteiger partial charge in [0.25, 0.3) is 0 Å². The number of piperidine rings is 1. The van der Waals surface area contributed by atoms with Crippen LogP contribution in [0.4, 0.5) is 4.39 Å². The molecule has 2 heterocycles. The van der Waals surface area contributed by atoms with Crippen LogP contribution in [0.5, 0.6) is 5.75 Å². The van der Waals surface area contributed by atoms with Crippen molar-refractivity contribution in [1.82, 2.24) is 4.90 Å². The first-order valence-corrected chi connectivity index (χ1v) is 11.2. The van der Waals surface area contributed by atoms with Crippen LogP contribution < -0.4 is 4.74 Å². The number of benzene rings is 2. The summed E-state index contributed by atoms with van der Waals surface area (Å²) in [5.41, 5.74) is 1.12. The Morgan fingerprint density at radius 3 is 2.38 bits per heavy atom. The molecule has 0 radical (unpaired) electrons. The van der Waals surface area contributed by atoms with Gasteiger partial charge < -0.3 is 19.8 Å². The molecule has 6 nitrogen and oxygen atoms in total. The summed E-state index contributed by atoms with van der Waals surface area (Å²) in [6.07, 6.45) is 3.26. The summed E-state index contributed by atoms with van der Waals surface area (Å²) < 4.78 is 20.1. The van der Waals surface area contributed by atoms with Crippen LogP contribution in [0.3, 0.4) is 0 Å². The number of carboxylic acid groups (broad SMARTS) is 2. The molecule has 1 unspecified atom stereocenters. The van der Waals surface area contributed by atoms with E-state index in [9.17, 15) is 14.0 Å². The number of aliphatic carboxylic acids is 2. The van der Waals surface area contributed by atoms with E-state index in [4.69, 9.17) is 26.6 Å². The number of ether oxygens (including phenoxy) is 1. The van der Waals surface area contributed by atoms with Gasteiger partial charge in [-0.2, -0.15) is 0 Å². The second kappa shape index (κ2) is 10.8. The quantitative estimate of drug-likeness (QED) is 0.591. The van der Waals surface area contributed by atoms with Gasteiger partial charge >= 0.3 is 11.9 Å². The summed E-state index contributed by atoms with van der Waals surface area (Å²) in [5, 5.41) is 16.3. The lowest BCUT2D eigenvalue weighted by molar-refractivity contribution is -0.134. The van der Waals surface area contributed by atoms with Gasteiger partial charge in [0.15, 0.2) is 0 Å². The topological polar surface area (TPSA) is 87.1 Å². The second-order valence-corrected chi connectivity index (χ2v) is 9.08. The SMILES string of the molecule is CN1CCC(C2Oc3ccc(F)cc3Sc3ccc(Cl)cc32)CC1.O=C(O)/C=C\C(=O)O. The fraction of sp³-hybridized carbons (Fsp3) is 0.304. The Kier molecular flexibility index (Phi) is 8.17. The third-order valence-corrected chi connectivity index (χ3v) is 6.58. The van der Waals surface area contributed by atoms with E-state index in [1.165, 1.54) is 6.07 Å². The van der Waals surface area contributed by atoms with Crippen LogP contribution in [0.1, 0.15) is 24.5 Å². The van der Waals surface area contributed by atoms with E-state index in [1.807, 2.05) is 18.2 Å². The molecule has 1 fully saturated rings. The molecule has 0 aromatic heterocycles. The van der Waals surface area contributed by atoms with E-state index in [-0.39, 0.29) is 11.9 Å². The maximum absolute atomic E-state index is 13.7. The predicted molar refractivity (Wildman–Crippen MR) is 120 cm³/mol. The smallest absolute Gasteiger partial charge is 0.328 e. The van der Waals surface area contributed by atoms with E-state index < -0.39 is 11.9 Å². The highest BCUT2D eigenvalue weighted by Crippen LogP contribution is 2.48. The maximum Gasteiger partial charge on any atom is 0.328 e. The van der Waals surface area contributed by atoms with E-state index >= 15 is 0 Å². The number of nitrogens with zero attached hydrogens (tertiary/aromatic N) is 1. The molecular formula is C23H23ClFNO5S. The second-order valence-electron chi connectivity index (χ2n) is 7.56. The Bertz CT molecular complexity index is 1010. The van der Waals surface area contributed by atoms with E-state index in [2.05, 4.69) is 11.9 Å². The van der Waals surface area contributed by atoms with Crippen molar-refractivity contribution in [2.75, 3.05) is 20.1 Å². The van der Waals surface area contributed by atoms with Crippen LogP contribution in [0.25, 0.3) is 0 Å². The third kappa shape index (κ3) is 6.48. The van der Waals surface area contributed by atoms with Gasteiger partial charge in [-0.3, -0.25) is 0 Å². The highest BCUT2D eigenvalue weighted by molar-refractivity contribution is 7.99. The number of carboxylic acids is 2. The van der Waals surface area contributed by atoms with Crippen molar-refractivity contribution < 1.29 is 28.9 Å². The van der Waals surface area contributed by atoms with E-state index in [1.54, 1.807) is 23.9 Å². The molecule has 1 atom stereocenters. The lowest BCUT2D eigenvalue weighted by Crippen LogP contribution is -2.34. The average molecular weight is 480 g/mol. The minimum absolute atomic E-state index is 0.0355. The van der Waals surface area contributed by atoms with E-state index in [0.717, 1.165) is 47.0 Å². The van der Waals surface area contributed by atoms with E-state index in [0.29, 0.717) is 23.1 Å². The molecule has 0 amide bonds. The summed E-state index contributed by atoms with van der Waals surface area (Å²) in [7, 11) is 2.16. The summed E-state index contributed by atoms with van der Waals surface area (Å²) in [6, 6.07) is 10.7. The van der Waals surface area contributed by atoms with Crippen molar-refractivity contribution in [3.8, 4) is 5.75 Å². The van der Waals surface area contributed by atoms with Gasteiger partial charge in [0.05, 0.1) is 4.90 Å². The minimum Gasteiger partial charge on any atom is -0.484 e. The van der Waals surface area contributed by atoms with Crippen molar-refractivity contribution in [2.45, 2.75) is 28.7 Å². The molecule has 9 heteroatoms. The van der Waals surface area contributed by atoms with Gasteiger partial charge in [-0.1, -0.05) is 23.4 Å². The molecule has 2 aliphatic heterocycles. The Morgan fingerprint density at radius 2 is 1.75 bits per heavy atom. The zero-order chi connectivity index (χ0) is 23.3. The fourth-order valence-corrected chi connectivity index (χ4v) is 4.87. The van der Waals surface area contributed by atoms with Gasteiger partial charge in [0.2, 0.25) is 0 Å². The maximum atomic E-state index is 13.7. The molecule has 0 aliphatic carbocycles. The van der Waals surface area contributed by atoms with Crippen molar-refractivity contribution in [1.29, 1.82) is 0 Å². The first kappa shape index (κ1) is 24.1. The van der Waals surface area contributed by atoms with Crippen molar-refractivity contribution >= 4 is 35.3 Å². The van der Waals surface area contributed by atoms with Gasteiger partial charge in [-0.25, -0.2) is 14.0 Å². The molecule has 0 bridgehead atoms. The number of hydrogen-bond acceptors (Lipinski definition) is 5. The number of hydrogen-bond donors (Lipinski definition) is 2. The fourth-order valence-electron chi connectivity index (χ4n) is 3.64. The molecule has 0 saturated carbocycles. The lowest BCUT2D eigenvalue weighted by atomic mass is 9.87. The number of fused-ring (bicyclic) bond motifs is 2. The van der Waals surface area contributed by atoms with Crippen LogP contribution in [-0.2, 0) is 9.59 Å². The molecule has 4 rings (SSSR count). The van der Waals surface area contributed by atoms with Crippen molar-refractivity contribution in [2.24, 2.45) is 5.92 Å². The zero-order valence-corrected chi connectivity index (χ0v) is 18.9. The first-order valence-electron chi connectivity index (χ1n) is 9.99. The minimum atomic E-state index is -1.26. The molecule has 2 aromatic carbocycles. The van der Waals surface area contributed by atoms with Crippen LogP contribution in [-0.4, -0.2) is 47.2 Å². The molecule has 170 valence electrons. The molecule has 0 spiro atoms. The molecule has 2 aromatic rings. The Morgan fingerprint density at radius 1 is 1.09 bits per heavy atom. The normalized spacial score (nSPS) is 18.5. The predicted octanol–water partition coefficient (Wildman–Crippen LogP) is 5.12. The standard InChI is InChI=1S/C19H19ClFNOS.C4H4O4/c1-22-8-6-12(7-9-22)19-15-10-13(20)2-5-17(15)24-18-11-14(21)3-4-16(18)23-19;5-3(6)1-2-4(7)8/h2-5,10-12,19H,6-9H2,1H3;1-2H,(H,5,6)(H,7,8)/b;2-1-. The molecule has 2 N–H and O–H groups in total.